The fourth-order valence-electron chi connectivity index (χ4n) is 3.28. The summed E-state index contributed by atoms with van der Waals surface area (Å²) in [4.78, 5) is 12.2. The molecular formula is C21H25NO3. The van der Waals surface area contributed by atoms with Gasteiger partial charge < -0.3 is 15.2 Å². The van der Waals surface area contributed by atoms with E-state index in [2.05, 4.69) is 5.32 Å². The number of nitrogens with one attached hydrogen (secondary N) is 1. The summed E-state index contributed by atoms with van der Waals surface area (Å²) in [5.41, 5.74) is 3.27. The predicted molar refractivity (Wildman–Crippen MR) is 96.6 cm³/mol. The fourth-order valence-corrected chi connectivity index (χ4v) is 3.28. The molecule has 0 bridgehead atoms. The Morgan fingerprint density at radius 1 is 1.00 bits per heavy atom. The van der Waals surface area contributed by atoms with Crippen molar-refractivity contribution >= 4 is 5.91 Å². The Morgan fingerprint density at radius 2 is 1.72 bits per heavy atom. The number of amides is 1. The maximum absolute atomic E-state index is 12.2. The van der Waals surface area contributed by atoms with Gasteiger partial charge in [0.25, 0.3) is 0 Å². The van der Waals surface area contributed by atoms with Crippen molar-refractivity contribution in [1.82, 2.24) is 5.32 Å². The Hall–Kier alpha value is -2.17. The monoisotopic (exact) mass is 339 g/mol. The van der Waals surface area contributed by atoms with Crippen LogP contribution in [-0.2, 0) is 29.3 Å². The third kappa shape index (κ3) is 4.91. The second-order valence-electron chi connectivity index (χ2n) is 6.57. The Labute approximate surface area is 148 Å². The molecule has 1 aliphatic rings. The first kappa shape index (κ1) is 17.6. The lowest BCUT2D eigenvalue weighted by Gasteiger charge is -2.16. The quantitative estimate of drug-likeness (QED) is 0.814. The van der Waals surface area contributed by atoms with Crippen molar-refractivity contribution in [3.63, 3.8) is 0 Å². The summed E-state index contributed by atoms with van der Waals surface area (Å²) in [6.07, 6.45) is 1.92. The van der Waals surface area contributed by atoms with Gasteiger partial charge in [-0.15, -0.1) is 0 Å². The third-order valence-electron chi connectivity index (χ3n) is 4.76. The van der Waals surface area contributed by atoms with Crippen LogP contribution in [0.5, 0.6) is 0 Å². The highest BCUT2D eigenvalue weighted by Gasteiger charge is 2.31. The highest BCUT2D eigenvalue weighted by molar-refractivity contribution is 5.79. The Balaban J connectivity index is 1.52. The summed E-state index contributed by atoms with van der Waals surface area (Å²) in [6.45, 7) is 1.54. The Morgan fingerprint density at radius 3 is 2.44 bits per heavy atom. The number of aliphatic hydroxyl groups is 1. The lowest BCUT2D eigenvalue weighted by molar-refractivity contribution is -0.127. The zero-order chi connectivity index (χ0) is 17.5. The van der Waals surface area contributed by atoms with E-state index in [1.165, 1.54) is 0 Å². The van der Waals surface area contributed by atoms with Gasteiger partial charge in [-0.1, -0.05) is 54.6 Å². The van der Waals surface area contributed by atoms with E-state index in [9.17, 15) is 9.90 Å². The molecule has 1 aliphatic carbocycles. The minimum absolute atomic E-state index is 0.0509. The summed E-state index contributed by atoms with van der Waals surface area (Å²) in [7, 11) is 0. The lowest BCUT2D eigenvalue weighted by Crippen LogP contribution is -2.34. The first-order chi connectivity index (χ1) is 12.2. The maximum atomic E-state index is 12.2. The van der Waals surface area contributed by atoms with Gasteiger partial charge in [0, 0.05) is 6.54 Å². The van der Waals surface area contributed by atoms with Gasteiger partial charge in [0.2, 0.25) is 5.91 Å². The number of aliphatic hydroxyl groups excluding tert-OH is 1. The van der Waals surface area contributed by atoms with Gasteiger partial charge in [-0.3, -0.25) is 4.79 Å². The topological polar surface area (TPSA) is 58.6 Å². The number of hydrogen-bond donors (Lipinski definition) is 2. The normalized spacial score (nSPS) is 19.7. The van der Waals surface area contributed by atoms with Crippen LogP contribution in [-0.4, -0.2) is 17.1 Å². The van der Waals surface area contributed by atoms with Crippen molar-refractivity contribution in [2.45, 2.75) is 45.1 Å². The number of ether oxygens (including phenoxy) is 1. The van der Waals surface area contributed by atoms with Crippen molar-refractivity contribution in [1.29, 1.82) is 0 Å². The van der Waals surface area contributed by atoms with Crippen LogP contribution < -0.4 is 5.32 Å². The SMILES string of the molecule is O=C(NCc1ccccc1COCc1ccccc1)C1CCCC1O. The first-order valence-electron chi connectivity index (χ1n) is 8.88. The van der Waals surface area contributed by atoms with Crippen LogP contribution in [0.25, 0.3) is 0 Å². The van der Waals surface area contributed by atoms with Crippen LogP contribution in [0.4, 0.5) is 0 Å². The van der Waals surface area contributed by atoms with E-state index < -0.39 is 6.10 Å². The van der Waals surface area contributed by atoms with Crippen molar-refractivity contribution in [3.05, 3.63) is 71.3 Å². The summed E-state index contributed by atoms with van der Waals surface area (Å²) >= 11 is 0. The summed E-state index contributed by atoms with van der Waals surface area (Å²) in [6, 6.07) is 18.0. The molecule has 0 heterocycles. The molecule has 4 heteroatoms. The number of carbonyl (C=O) groups is 1. The van der Waals surface area contributed by atoms with Gasteiger partial charge in [-0.25, -0.2) is 0 Å². The number of hydrogen-bond acceptors (Lipinski definition) is 3. The van der Waals surface area contributed by atoms with E-state index in [1.54, 1.807) is 0 Å². The highest BCUT2D eigenvalue weighted by Crippen LogP contribution is 2.25. The van der Waals surface area contributed by atoms with Gasteiger partial charge >= 0.3 is 0 Å². The van der Waals surface area contributed by atoms with Crippen LogP contribution in [0.3, 0.4) is 0 Å². The third-order valence-corrected chi connectivity index (χ3v) is 4.76. The summed E-state index contributed by atoms with van der Waals surface area (Å²) < 4.78 is 5.82. The van der Waals surface area contributed by atoms with Gasteiger partial charge in [-0.05, 0) is 36.0 Å². The second kappa shape index (κ2) is 8.79. The lowest BCUT2D eigenvalue weighted by atomic mass is 10.0. The molecule has 1 fully saturated rings. The molecule has 2 atom stereocenters. The molecule has 0 radical (unpaired) electrons. The molecule has 2 aromatic carbocycles. The molecule has 1 amide bonds. The highest BCUT2D eigenvalue weighted by atomic mass is 16.5. The zero-order valence-electron chi connectivity index (χ0n) is 14.4. The molecule has 1 saturated carbocycles. The van der Waals surface area contributed by atoms with Crippen molar-refractivity contribution in [3.8, 4) is 0 Å². The van der Waals surface area contributed by atoms with E-state index in [4.69, 9.17) is 4.74 Å². The van der Waals surface area contributed by atoms with Crippen molar-refractivity contribution in [2.24, 2.45) is 5.92 Å². The average molecular weight is 339 g/mol. The molecular weight excluding hydrogens is 314 g/mol. The van der Waals surface area contributed by atoms with E-state index in [1.807, 2.05) is 54.6 Å². The first-order valence-corrected chi connectivity index (χ1v) is 8.88. The minimum atomic E-state index is -0.496. The maximum Gasteiger partial charge on any atom is 0.225 e. The summed E-state index contributed by atoms with van der Waals surface area (Å²) in [5, 5.41) is 12.8. The van der Waals surface area contributed by atoms with Gasteiger partial charge in [0.1, 0.15) is 0 Å². The number of carbonyl (C=O) groups excluding carboxylic acids is 1. The van der Waals surface area contributed by atoms with Crippen LogP contribution in [0.1, 0.15) is 36.0 Å². The minimum Gasteiger partial charge on any atom is -0.392 e. The molecule has 2 N–H and O–H groups in total. The standard InChI is InChI=1S/C21H25NO3/c23-20-12-6-11-19(20)21(24)22-13-17-9-4-5-10-18(17)15-25-14-16-7-2-1-3-8-16/h1-5,7-10,19-20,23H,6,11-15H2,(H,22,24). The van der Waals surface area contributed by atoms with E-state index in [-0.39, 0.29) is 11.8 Å². The van der Waals surface area contributed by atoms with Gasteiger partial charge in [0.05, 0.1) is 25.2 Å². The van der Waals surface area contributed by atoms with Crippen molar-refractivity contribution < 1.29 is 14.6 Å². The molecule has 2 unspecified atom stereocenters. The molecule has 0 aliphatic heterocycles. The van der Waals surface area contributed by atoms with Gasteiger partial charge in [0.15, 0.2) is 0 Å². The number of rotatable bonds is 7. The van der Waals surface area contributed by atoms with Crippen LogP contribution in [0, 0.1) is 5.92 Å². The molecule has 2 aromatic rings. The van der Waals surface area contributed by atoms with E-state index in [0.717, 1.165) is 36.0 Å². The molecule has 25 heavy (non-hydrogen) atoms. The van der Waals surface area contributed by atoms with Crippen LogP contribution in [0.2, 0.25) is 0 Å². The predicted octanol–water partition coefficient (Wildman–Crippen LogP) is 3.18. The van der Waals surface area contributed by atoms with E-state index in [0.29, 0.717) is 19.8 Å². The smallest absolute Gasteiger partial charge is 0.225 e. The molecule has 0 saturated heterocycles. The Kier molecular flexibility index (Phi) is 6.20. The molecule has 0 aromatic heterocycles. The average Bonchev–Trinajstić information content (AvgIpc) is 3.07. The van der Waals surface area contributed by atoms with E-state index >= 15 is 0 Å². The van der Waals surface area contributed by atoms with Crippen molar-refractivity contribution in [2.75, 3.05) is 0 Å². The van der Waals surface area contributed by atoms with Gasteiger partial charge in [-0.2, -0.15) is 0 Å². The van der Waals surface area contributed by atoms with Crippen LogP contribution in [0.15, 0.2) is 54.6 Å². The molecule has 3 rings (SSSR count). The second-order valence-corrected chi connectivity index (χ2v) is 6.57. The largest absolute Gasteiger partial charge is 0.392 e. The number of benzene rings is 2. The summed E-state index contributed by atoms with van der Waals surface area (Å²) in [5.74, 6) is -0.313. The zero-order valence-corrected chi connectivity index (χ0v) is 14.4. The Bertz CT molecular complexity index is 687. The molecule has 132 valence electrons. The fraction of sp³-hybridized carbons (Fsp3) is 0.381. The molecule has 4 nitrogen and oxygen atoms in total. The molecule has 0 spiro atoms. The van der Waals surface area contributed by atoms with Crippen LogP contribution >= 0.6 is 0 Å².